The molecule has 1 heterocycles. The lowest BCUT2D eigenvalue weighted by Gasteiger charge is -1.82. The van der Waals surface area contributed by atoms with E-state index in [1.807, 2.05) is 0 Å². The molecule has 0 fully saturated rings. The zero-order valence-corrected chi connectivity index (χ0v) is 3.71. The Kier molecular flexibility index (Phi) is 0.896. The fourth-order valence-electron chi connectivity index (χ4n) is 0.339. The summed E-state index contributed by atoms with van der Waals surface area (Å²) in [7, 11) is 0. The fourth-order valence-corrected chi connectivity index (χ4v) is 0.339. The molecule has 0 atom stereocenters. The Bertz CT molecular complexity index is 238. The zero-order valence-electron chi connectivity index (χ0n) is 3.71. The average Bonchev–Trinajstić information content (AvgIpc) is 1.98. The lowest BCUT2D eigenvalue weighted by molar-refractivity contribution is 0.136. The monoisotopic (exact) mass is 120 g/mol. The van der Waals surface area contributed by atoms with Gasteiger partial charge in [0.25, 0.3) is 5.56 Å². The number of hydrogen-bond donors (Lipinski definition) is 0. The lowest BCUT2D eigenvalue weighted by Crippen LogP contribution is -2.10. The van der Waals surface area contributed by atoms with Crippen LogP contribution >= 0.6 is 0 Å². The van der Waals surface area contributed by atoms with Gasteiger partial charge in [0, 0.05) is 6.07 Å². The normalized spacial score (nSPS) is 9.75. The largest absolute Gasteiger partial charge is 0.299 e. The van der Waals surface area contributed by atoms with Gasteiger partial charge >= 0.3 is 0 Å². The molecule has 0 aliphatic rings. The highest BCUT2D eigenvalue weighted by atomic mass is 19.2. The number of nitrogens with zero attached hydrogens (tertiary/aromatic N) is 2. The molecule has 0 radical (unpaired) electrons. The summed E-state index contributed by atoms with van der Waals surface area (Å²) in [5.74, 6) is 0. The molecule has 0 N–H and O–H groups in total. The van der Waals surface area contributed by atoms with Crippen molar-refractivity contribution in [2.24, 2.45) is 0 Å². The number of hydrogen-bond acceptors (Lipinski definition) is 1. The predicted molar refractivity (Wildman–Crippen MR) is 21.7 cm³/mol. The Morgan fingerprint density at radius 1 is 1.50 bits per heavy atom. The molecule has 0 spiro atoms. The first-order chi connectivity index (χ1) is 3.72. The van der Waals surface area contributed by atoms with Crippen molar-refractivity contribution in [3.63, 3.8) is 0 Å². The van der Waals surface area contributed by atoms with Gasteiger partial charge in [0.1, 0.15) is 0 Å². The van der Waals surface area contributed by atoms with Crippen molar-refractivity contribution in [1.29, 1.82) is 0 Å². The first kappa shape index (κ1) is 5.02. The van der Waals surface area contributed by atoms with E-state index in [-0.39, 0.29) is 0 Å². The van der Waals surface area contributed by atoms with Crippen molar-refractivity contribution in [3.8, 4) is 0 Å². The molecule has 1 rings (SSSR count). The Labute approximate surface area is 42.6 Å². The summed E-state index contributed by atoms with van der Waals surface area (Å²) in [6, 6.07) is 0.778. The van der Waals surface area contributed by atoms with Gasteiger partial charge in [-0.1, -0.05) is 13.9 Å². The van der Waals surface area contributed by atoms with Gasteiger partial charge < -0.3 is 0 Å². The molecule has 3 nitrogen and oxygen atoms in total. The zero-order chi connectivity index (χ0) is 6.15. The van der Waals surface area contributed by atoms with Gasteiger partial charge in [-0.15, -0.1) is 0 Å². The van der Waals surface area contributed by atoms with Crippen LogP contribution in [0.2, 0.25) is 0 Å². The van der Waals surface area contributed by atoms with Gasteiger partial charge in [0.2, 0.25) is 0 Å². The first-order valence-corrected chi connectivity index (χ1v) is 1.85. The maximum Gasteiger partial charge on any atom is 0.299 e. The van der Waals surface area contributed by atoms with E-state index in [4.69, 9.17) is 0 Å². The highest BCUT2D eigenvalue weighted by Crippen LogP contribution is 1.81. The molecule has 44 valence electrons. The van der Waals surface area contributed by atoms with E-state index in [1.165, 1.54) is 0 Å². The van der Waals surface area contributed by atoms with Gasteiger partial charge in [-0.25, -0.2) is 0 Å². The van der Waals surface area contributed by atoms with Crippen LogP contribution in [0.1, 0.15) is 0 Å². The van der Waals surface area contributed by atoms with Crippen molar-refractivity contribution < 1.29 is 8.96 Å². The summed E-state index contributed by atoms with van der Waals surface area (Å²) in [6.07, 6.45) is 0.683. The summed E-state index contributed by atoms with van der Waals surface area (Å²) < 4.78 is 23.3. The summed E-state index contributed by atoms with van der Waals surface area (Å²) in [5.41, 5.74) is -1.01. The van der Waals surface area contributed by atoms with Crippen molar-refractivity contribution in [2.75, 3.05) is 0 Å². The summed E-state index contributed by atoms with van der Waals surface area (Å²) in [5, 5.41) is 0. The maximum atomic E-state index is 11.7. The first-order valence-electron chi connectivity index (χ1n) is 1.85. The van der Waals surface area contributed by atoms with Crippen LogP contribution in [0.3, 0.4) is 0 Å². The average molecular weight is 120 g/mol. The lowest BCUT2D eigenvalue weighted by atomic mass is 10.7. The molecule has 0 amide bonds. The second-order valence-corrected chi connectivity index (χ2v) is 1.20. The topological polar surface area (TPSA) is 26.9 Å². The molecule has 0 aromatic carbocycles. The molecule has 8 heavy (non-hydrogen) atoms. The molecule has 0 unspecified atom stereocenters. The highest BCUT2D eigenvalue weighted by molar-refractivity contribution is 4.78. The van der Waals surface area contributed by atoms with Crippen LogP contribution in [0.4, 0.5) is 8.96 Å². The van der Waals surface area contributed by atoms with Crippen LogP contribution in [0.5, 0.6) is 0 Å². The Hall–Kier alpha value is -1.13. The Balaban J connectivity index is 3.41. The summed E-state index contributed by atoms with van der Waals surface area (Å²) in [6.45, 7) is 0. The van der Waals surface area contributed by atoms with Crippen LogP contribution in [-0.4, -0.2) is 9.81 Å². The Morgan fingerprint density at radius 3 is 2.25 bits per heavy atom. The molecule has 0 saturated heterocycles. The van der Waals surface area contributed by atoms with Crippen LogP contribution < -0.4 is 5.56 Å². The third-order valence-electron chi connectivity index (χ3n) is 0.690. The van der Waals surface area contributed by atoms with Gasteiger partial charge in [-0.2, -0.15) is 0 Å². The van der Waals surface area contributed by atoms with Crippen LogP contribution in [0, 0.1) is 0 Å². The minimum atomic E-state index is -1.01. The predicted octanol–water partition coefficient (Wildman–Crippen LogP) is 0.115. The van der Waals surface area contributed by atoms with Crippen molar-refractivity contribution >= 4 is 0 Å². The van der Waals surface area contributed by atoms with Gasteiger partial charge in [0.15, 0.2) is 0 Å². The quantitative estimate of drug-likeness (QED) is 0.477. The second kappa shape index (κ2) is 1.43. The molecule has 0 saturated carbocycles. The fraction of sp³-hybridized carbons (Fsp3) is 0. The SMILES string of the molecule is O=c1ccn(F)n1F. The van der Waals surface area contributed by atoms with Crippen molar-refractivity contribution in [1.82, 2.24) is 9.81 Å². The van der Waals surface area contributed by atoms with E-state index in [1.54, 1.807) is 0 Å². The van der Waals surface area contributed by atoms with E-state index in [9.17, 15) is 13.8 Å². The van der Waals surface area contributed by atoms with Gasteiger partial charge in [-0.3, -0.25) is 4.79 Å². The molecule has 0 aliphatic carbocycles. The summed E-state index contributed by atoms with van der Waals surface area (Å²) >= 11 is 0. The third kappa shape index (κ3) is 0.518. The highest BCUT2D eigenvalue weighted by Gasteiger charge is 1.96. The minimum absolute atomic E-state index is 0.442. The van der Waals surface area contributed by atoms with E-state index in [0.29, 0.717) is 6.20 Å². The molecule has 5 heteroatoms. The molecule has 1 aromatic rings. The number of halogens is 2. The minimum Gasteiger partial charge on any atom is -0.265 e. The Morgan fingerprint density at radius 2 is 2.12 bits per heavy atom. The van der Waals surface area contributed by atoms with E-state index >= 15 is 0 Å². The molecular formula is C3H2F2N2O. The molecular weight excluding hydrogens is 118 g/mol. The van der Waals surface area contributed by atoms with Crippen LogP contribution in [0.25, 0.3) is 0 Å². The number of aromatic nitrogens is 2. The number of rotatable bonds is 0. The van der Waals surface area contributed by atoms with Crippen LogP contribution in [-0.2, 0) is 0 Å². The van der Waals surface area contributed by atoms with E-state index < -0.39 is 15.4 Å². The van der Waals surface area contributed by atoms with Crippen molar-refractivity contribution in [3.05, 3.63) is 22.6 Å². The standard InChI is InChI=1S/C3H2F2N2O/c4-6-2-1-3(8)7(6)5/h1-2H. The van der Waals surface area contributed by atoms with Gasteiger partial charge in [-0.05, 0) is 4.90 Å². The molecule has 0 bridgehead atoms. The van der Waals surface area contributed by atoms with Crippen LogP contribution in [0.15, 0.2) is 17.1 Å². The van der Waals surface area contributed by atoms with E-state index in [0.717, 1.165) is 6.07 Å². The second-order valence-electron chi connectivity index (χ2n) is 1.20. The summed E-state index contributed by atoms with van der Waals surface area (Å²) in [4.78, 5) is 8.89. The third-order valence-corrected chi connectivity index (χ3v) is 0.690. The maximum absolute atomic E-state index is 11.7. The molecule has 0 aliphatic heterocycles. The molecule has 1 aromatic heterocycles. The van der Waals surface area contributed by atoms with Gasteiger partial charge in [0.05, 0.1) is 6.20 Å². The van der Waals surface area contributed by atoms with Crippen molar-refractivity contribution in [2.45, 2.75) is 0 Å². The van der Waals surface area contributed by atoms with E-state index in [2.05, 4.69) is 0 Å². The smallest absolute Gasteiger partial charge is 0.265 e.